The standard InChI is InChI=1S/C14H20N2O3/c1-14(2)10-19-7-6-16(14)9-12-5-4-11(8-15-12)13(17)18-3/h4-5,8H,6-7,9-10H2,1-3H3. The molecule has 1 aliphatic rings. The molecule has 0 saturated carbocycles. The molecular formula is C14H20N2O3. The topological polar surface area (TPSA) is 51.7 Å². The van der Waals surface area contributed by atoms with Crippen molar-refractivity contribution in [3.8, 4) is 0 Å². The highest BCUT2D eigenvalue weighted by molar-refractivity contribution is 5.88. The number of hydrogen-bond donors (Lipinski definition) is 0. The summed E-state index contributed by atoms with van der Waals surface area (Å²) in [4.78, 5) is 18.0. The monoisotopic (exact) mass is 264 g/mol. The van der Waals surface area contributed by atoms with Crippen molar-refractivity contribution in [2.45, 2.75) is 25.9 Å². The van der Waals surface area contributed by atoms with Gasteiger partial charge in [-0.15, -0.1) is 0 Å². The van der Waals surface area contributed by atoms with E-state index in [4.69, 9.17) is 4.74 Å². The van der Waals surface area contributed by atoms with Gasteiger partial charge in [-0.25, -0.2) is 4.79 Å². The van der Waals surface area contributed by atoms with Gasteiger partial charge in [-0.2, -0.15) is 0 Å². The Morgan fingerprint density at radius 2 is 2.32 bits per heavy atom. The summed E-state index contributed by atoms with van der Waals surface area (Å²) < 4.78 is 10.1. The number of pyridine rings is 1. The number of morpholine rings is 1. The molecule has 0 bridgehead atoms. The highest BCUT2D eigenvalue weighted by Crippen LogP contribution is 2.21. The van der Waals surface area contributed by atoms with Crippen molar-refractivity contribution in [1.29, 1.82) is 0 Å². The molecule has 5 nitrogen and oxygen atoms in total. The first kappa shape index (κ1) is 14.0. The Bertz CT molecular complexity index is 443. The second-order valence-electron chi connectivity index (χ2n) is 5.32. The lowest BCUT2D eigenvalue weighted by atomic mass is 10.0. The predicted molar refractivity (Wildman–Crippen MR) is 70.9 cm³/mol. The summed E-state index contributed by atoms with van der Waals surface area (Å²) in [6.45, 7) is 7.46. The quantitative estimate of drug-likeness (QED) is 0.774. The third kappa shape index (κ3) is 3.30. The van der Waals surface area contributed by atoms with Crippen LogP contribution in [0.3, 0.4) is 0 Å². The minimum absolute atomic E-state index is 0.0148. The van der Waals surface area contributed by atoms with Gasteiger partial charge in [0.1, 0.15) is 0 Å². The second kappa shape index (κ2) is 5.67. The molecule has 19 heavy (non-hydrogen) atoms. The van der Waals surface area contributed by atoms with E-state index in [2.05, 4.69) is 28.5 Å². The largest absolute Gasteiger partial charge is 0.465 e. The molecule has 2 heterocycles. The van der Waals surface area contributed by atoms with E-state index in [-0.39, 0.29) is 11.5 Å². The first-order valence-corrected chi connectivity index (χ1v) is 6.39. The number of rotatable bonds is 3. The smallest absolute Gasteiger partial charge is 0.339 e. The fraction of sp³-hybridized carbons (Fsp3) is 0.571. The molecule has 1 aromatic heterocycles. The SMILES string of the molecule is COC(=O)c1ccc(CN2CCOCC2(C)C)nc1. The molecular weight excluding hydrogens is 244 g/mol. The molecule has 1 fully saturated rings. The zero-order valence-electron chi connectivity index (χ0n) is 11.7. The summed E-state index contributed by atoms with van der Waals surface area (Å²) in [5, 5.41) is 0. The van der Waals surface area contributed by atoms with E-state index in [0.29, 0.717) is 5.56 Å². The van der Waals surface area contributed by atoms with Crippen LogP contribution in [0, 0.1) is 0 Å². The van der Waals surface area contributed by atoms with Crippen LogP contribution in [0.5, 0.6) is 0 Å². The van der Waals surface area contributed by atoms with E-state index in [1.807, 2.05) is 6.07 Å². The number of nitrogens with zero attached hydrogens (tertiary/aromatic N) is 2. The molecule has 104 valence electrons. The Morgan fingerprint density at radius 1 is 1.53 bits per heavy atom. The average Bonchev–Trinajstić information content (AvgIpc) is 2.41. The van der Waals surface area contributed by atoms with E-state index in [9.17, 15) is 4.79 Å². The van der Waals surface area contributed by atoms with Gasteiger partial charge in [0.2, 0.25) is 0 Å². The summed E-state index contributed by atoms with van der Waals surface area (Å²) in [6.07, 6.45) is 1.56. The number of carbonyl (C=O) groups is 1. The normalized spacial score (nSPS) is 19.1. The van der Waals surface area contributed by atoms with E-state index in [1.54, 1.807) is 12.3 Å². The first-order valence-electron chi connectivity index (χ1n) is 6.39. The van der Waals surface area contributed by atoms with Crippen molar-refractivity contribution in [1.82, 2.24) is 9.88 Å². The highest BCUT2D eigenvalue weighted by atomic mass is 16.5. The maximum Gasteiger partial charge on any atom is 0.339 e. The van der Waals surface area contributed by atoms with Gasteiger partial charge in [-0.05, 0) is 26.0 Å². The average molecular weight is 264 g/mol. The summed E-state index contributed by atoms with van der Waals surface area (Å²) in [7, 11) is 1.37. The number of ether oxygens (including phenoxy) is 2. The number of esters is 1. The molecule has 0 N–H and O–H groups in total. The van der Waals surface area contributed by atoms with E-state index < -0.39 is 0 Å². The molecule has 0 amide bonds. The van der Waals surface area contributed by atoms with Crippen LogP contribution < -0.4 is 0 Å². The van der Waals surface area contributed by atoms with Gasteiger partial charge in [0.15, 0.2) is 0 Å². The van der Waals surface area contributed by atoms with Gasteiger partial charge in [0.25, 0.3) is 0 Å². The first-order chi connectivity index (χ1) is 9.03. The maximum atomic E-state index is 11.3. The van der Waals surface area contributed by atoms with E-state index in [1.165, 1.54) is 7.11 Å². The molecule has 0 unspecified atom stereocenters. The Hall–Kier alpha value is -1.46. The number of aromatic nitrogens is 1. The van der Waals surface area contributed by atoms with Crippen LogP contribution in [0.25, 0.3) is 0 Å². The maximum absolute atomic E-state index is 11.3. The zero-order valence-corrected chi connectivity index (χ0v) is 11.7. The van der Waals surface area contributed by atoms with Crippen LogP contribution in [0.4, 0.5) is 0 Å². The predicted octanol–water partition coefficient (Wildman–Crippen LogP) is 1.48. The number of hydrogen-bond acceptors (Lipinski definition) is 5. The third-order valence-corrected chi connectivity index (χ3v) is 3.42. The van der Waals surface area contributed by atoms with Crippen molar-refractivity contribution in [2.24, 2.45) is 0 Å². The van der Waals surface area contributed by atoms with Gasteiger partial charge in [0, 0.05) is 24.8 Å². The Labute approximate surface area is 113 Å². The van der Waals surface area contributed by atoms with Crippen molar-refractivity contribution in [3.63, 3.8) is 0 Å². The van der Waals surface area contributed by atoms with E-state index in [0.717, 1.165) is 32.0 Å². The van der Waals surface area contributed by atoms with Crippen LogP contribution in [0.2, 0.25) is 0 Å². The van der Waals surface area contributed by atoms with E-state index >= 15 is 0 Å². The highest BCUT2D eigenvalue weighted by Gasteiger charge is 2.30. The zero-order chi connectivity index (χ0) is 13.9. The fourth-order valence-electron chi connectivity index (χ4n) is 2.14. The Kier molecular flexibility index (Phi) is 4.17. The molecule has 0 aliphatic carbocycles. The molecule has 0 spiro atoms. The molecule has 0 aromatic carbocycles. The van der Waals surface area contributed by atoms with Crippen LogP contribution >= 0.6 is 0 Å². The van der Waals surface area contributed by atoms with Gasteiger partial charge < -0.3 is 9.47 Å². The van der Waals surface area contributed by atoms with Gasteiger partial charge in [0.05, 0.1) is 31.6 Å². The van der Waals surface area contributed by atoms with Crippen molar-refractivity contribution < 1.29 is 14.3 Å². The van der Waals surface area contributed by atoms with Crippen LogP contribution in [0.15, 0.2) is 18.3 Å². The third-order valence-electron chi connectivity index (χ3n) is 3.42. The summed E-state index contributed by atoms with van der Waals surface area (Å²) in [5.74, 6) is -0.356. The fourth-order valence-corrected chi connectivity index (χ4v) is 2.14. The molecule has 1 aliphatic heterocycles. The van der Waals surface area contributed by atoms with Crippen molar-refractivity contribution >= 4 is 5.97 Å². The number of methoxy groups -OCH3 is 1. The molecule has 5 heteroatoms. The molecule has 2 rings (SSSR count). The summed E-state index contributed by atoms with van der Waals surface area (Å²) in [5.41, 5.74) is 1.44. The van der Waals surface area contributed by atoms with Gasteiger partial charge in [-0.1, -0.05) is 0 Å². The summed E-state index contributed by atoms with van der Waals surface area (Å²) >= 11 is 0. The minimum atomic E-state index is -0.356. The van der Waals surface area contributed by atoms with Crippen molar-refractivity contribution in [2.75, 3.05) is 26.9 Å². The van der Waals surface area contributed by atoms with Gasteiger partial charge in [-0.3, -0.25) is 9.88 Å². The summed E-state index contributed by atoms with van der Waals surface area (Å²) in [6, 6.07) is 3.62. The lowest BCUT2D eigenvalue weighted by molar-refractivity contribution is -0.0557. The minimum Gasteiger partial charge on any atom is -0.465 e. The molecule has 0 atom stereocenters. The molecule has 1 aromatic rings. The van der Waals surface area contributed by atoms with Crippen molar-refractivity contribution in [3.05, 3.63) is 29.6 Å². The van der Waals surface area contributed by atoms with Crippen LogP contribution in [-0.4, -0.2) is 48.3 Å². The van der Waals surface area contributed by atoms with Crippen LogP contribution in [0.1, 0.15) is 29.9 Å². The second-order valence-corrected chi connectivity index (χ2v) is 5.32. The molecule has 1 saturated heterocycles. The lowest BCUT2D eigenvalue weighted by Crippen LogP contribution is -2.52. The van der Waals surface area contributed by atoms with Gasteiger partial charge >= 0.3 is 5.97 Å². The number of carbonyl (C=O) groups excluding carboxylic acids is 1. The van der Waals surface area contributed by atoms with Crippen LogP contribution in [-0.2, 0) is 16.0 Å². The lowest BCUT2D eigenvalue weighted by Gasteiger charge is -2.41. The Morgan fingerprint density at radius 3 is 2.89 bits per heavy atom. The Balaban J connectivity index is 2.05. The molecule has 0 radical (unpaired) electrons.